The number of phenols is 1. The Kier molecular flexibility index (Phi) is 8.75. The Bertz CT molecular complexity index is 1190. The molecule has 1 amide bonds. The summed E-state index contributed by atoms with van der Waals surface area (Å²) in [5.41, 5.74) is -0.641. The van der Waals surface area contributed by atoms with E-state index >= 15 is 0 Å². The summed E-state index contributed by atoms with van der Waals surface area (Å²) in [4.78, 5) is 36.7. The zero-order valence-corrected chi connectivity index (χ0v) is 18.4. The van der Waals surface area contributed by atoms with E-state index in [0.29, 0.717) is 18.7 Å². The molecule has 34 heavy (non-hydrogen) atoms. The number of carbonyl (C=O) groups is 2. The quantitative estimate of drug-likeness (QED) is 0.118. The van der Waals surface area contributed by atoms with Crippen LogP contribution in [0.4, 0.5) is 10.5 Å². The molecule has 0 aliphatic heterocycles. The molecule has 0 aliphatic carbocycles. The number of hydrogen-bond donors (Lipinski definition) is 1. The lowest BCUT2D eigenvalue weighted by Gasteiger charge is -2.17. The van der Waals surface area contributed by atoms with Crippen molar-refractivity contribution < 1.29 is 29.1 Å². The predicted octanol–water partition coefficient (Wildman–Crippen LogP) is 3.97. The molecule has 0 saturated carbocycles. The standard InChI is InChI=1S/C24H21N3O7/c1-4-20(17-10-8-7-9-11-17)33-24(30)34-21-14-16(13-19(22(21)28)27(31)32)12-18(15-25)23(29)26(5-2)6-3/h1,7-14,20,28H,5-6H2,2-3H3. The monoisotopic (exact) mass is 463 g/mol. The number of rotatable bonds is 8. The first-order valence-electron chi connectivity index (χ1n) is 10.1. The van der Waals surface area contributed by atoms with Crippen LogP contribution in [0.5, 0.6) is 11.5 Å². The van der Waals surface area contributed by atoms with Crippen molar-refractivity contribution in [1.29, 1.82) is 5.26 Å². The number of amides is 1. The fourth-order valence-electron chi connectivity index (χ4n) is 2.94. The number of terminal acetylenes is 1. The largest absolute Gasteiger partial charge is 0.515 e. The van der Waals surface area contributed by atoms with Crippen molar-refractivity contribution in [2.45, 2.75) is 20.0 Å². The van der Waals surface area contributed by atoms with Crippen molar-refractivity contribution in [3.8, 4) is 29.9 Å². The molecule has 0 bridgehead atoms. The number of nitro benzene ring substituents is 1. The first-order valence-corrected chi connectivity index (χ1v) is 10.1. The van der Waals surface area contributed by atoms with Gasteiger partial charge in [0.1, 0.15) is 11.6 Å². The molecule has 0 heterocycles. The molecule has 0 fully saturated rings. The summed E-state index contributed by atoms with van der Waals surface area (Å²) in [6.07, 6.45) is 4.08. The fourth-order valence-corrected chi connectivity index (χ4v) is 2.94. The molecule has 0 aliphatic rings. The second kappa shape index (κ2) is 11.7. The summed E-state index contributed by atoms with van der Waals surface area (Å²) in [6, 6.07) is 12.1. The minimum absolute atomic E-state index is 0.0269. The highest BCUT2D eigenvalue weighted by Gasteiger charge is 2.25. The summed E-state index contributed by atoms with van der Waals surface area (Å²) in [5, 5.41) is 31.0. The van der Waals surface area contributed by atoms with Gasteiger partial charge < -0.3 is 19.5 Å². The van der Waals surface area contributed by atoms with Gasteiger partial charge in [-0.2, -0.15) is 5.26 Å². The number of ether oxygens (including phenoxy) is 2. The Morgan fingerprint density at radius 1 is 1.26 bits per heavy atom. The lowest BCUT2D eigenvalue weighted by molar-refractivity contribution is -0.385. The number of hydrogen-bond acceptors (Lipinski definition) is 8. The Hall–Kier alpha value is -4.83. The van der Waals surface area contributed by atoms with Gasteiger partial charge in [0.15, 0.2) is 11.9 Å². The first kappa shape index (κ1) is 25.4. The average molecular weight is 463 g/mol. The molecule has 0 saturated heterocycles. The van der Waals surface area contributed by atoms with E-state index in [1.54, 1.807) is 50.2 Å². The summed E-state index contributed by atoms with van der Waals surface area (Å²) in [7, 11) is 0. The van der Waals surface area contributed by atoms with Crippen LogP contribution in [0, 0.1) is 33.8 Å². The lowest BCUT2D eigenvalue weighted by Crippen LogP contribution is -2.31. The number of phenolic OH excluding ortho intramolecular Hbond substituents is 1. The molecule has 1 atom stereocenters. The van der Waals surface area contributed by atoms with Crippen molar-refractivity contribution in [3.63, 3.8) is 0 Å². The van der Waals surface area contributed by atoms with E-state index in [-0.39, 0.29) is 11.1 Å². The molecule has 0 spiro atoms. The molecule has 0 radical (unpaired) electrons. The summed E-state index contributed by atoms with van der Waals surface area (Å²) in [5.74, 6) is 0.149. The van der Waals surface area contributed by atoms with Gasteiger partial charge in [-0.25, -0.2) is 4.79 Å². The lowest BCUT2D eigenvalue weighted by atomic mass is 10.1. The molecule has 174 valence electrons. The van der Waals surface area contributed by atoms with Crippen LogP contribution in [-0.4, -0.2) is 40.1 Å². The van der Waals surface area contributed by atoms with Gasteiger partial charge in [-0.1, -0.05) is 36.3 Å². The Balaban J connectivity index is 2.40. The number of benzene rings is 2. The highest BCUT2D eigenvalue weighted by Crippen LogP contribution is 2.38. The molecule has 1 unspecified atom stereocenters. The molecule has 0 aromatic heterocycles. The predicted molar refractivity (Wildman–Crippen MR) is 121 cm³/mol. The number of aromatic hydroxyl groups is 1. The number of likely N-dealkylation sites (N-methyl/N-ethyl adjacent to an activating group) is 1. The van der Waals surface area contributed by atoms with Gasteiger partial charge in [-0.05, 0) is 31.6 Å². The third-order valence-corrected chi connectivity index (χ3v) is 4.65. The van der Waals surface area contributed by atoms with E-state index in [2.05, 4.69) is 5.92 Å². The minimum atomic E-state index is -1.32. The molecule has 2 rings (SSSR count). The topological polar surface area (TPSA) is 143 Å². The van der Waals surface area contributed by atoms with Crippen molar-refractivity contribution in [2.24, 2.45) is 0 Å². The van der Waals surface area contributed by atoms with Crippen molar-refractivity contribution in [1.82, 2.24) is 4.90 Å². The van der Waals surface area contributed by atoms with Gasteiger partial charge in [-0.3, -0.25) is 14.9 Å². The van der Waals surface area contributed by atoms with Crippen LogP contribution in [0.1, 0.15) is 31.1 Å². The van der Waals surface area contributed by atoms with Crippen LogP contribution in [0.2, 0.25) is 0 Å². The van der Waals surface area contributed by atoms with Gasteiger partial charge in [0.25, 0.3) is 5.91 Å². The minimum Gasteiger partial charge on any atom is -0.499 e. The van der Waals surface area contributed by atoms with Crippen LogP contribution >= 0.6 is 0 Å². The van der Waals surface area contributed by atoms with Gasteiger partial charge in [0.2, 0.25) is 5.75 Å². The van der Waals surface area contributed by atoms with Crippen LogP contribution in [0.15, 0.2) is 48.0 Å². The summed E-state index contributed by atoms with van der Waals surface area (Å²) in [6.45, 7) is 4.17. The second-order valence-electron chi connectivity index (χ2n) is 6.72. The van der Waals surface area contributed by atoms with Gasteiger partial charge >= 0.3 is 11.8 Å². The van der Waals surface area contributed by atoms with Gasteiger partial charge in [0.05, 0.1) is 4.92 Å². The van der Waals surface area contributed by atoms with Crippen LogP contribution < -0.4 is 4.74 Å². The fraction of sp³-hybridized carbons (Fsp3) is 0.208. The zero-order chi connectivity index (χ0) is 25.3. The van der Waals surface area contributed by atoms with Crippen molar-refractivity contribution in [2.75, 3.05) is 13.1 Å². The highest BCUT2D eigenvalue weighted by molar-refractivity contribution is 6.01. The molecule has 2 aromatic carbocycles. The Labute approximate surface area is 195 Å². The first-order chi connectivity index (χ1) is 16.2. The maximum atomic E-state index is 12.5. The number of carbonyl (C=O) groups excluding carboxylic acids is 2. The van der Waals surface area contributed by atoms with Gasteiger partial charge in [-0.15, -0.1) is 6.42 Å². The van der Waals surface area contributed by atoms with E-state index in [1.807, 2.05) is 0 Å². The number of nitriles is 1. The van der Waals surface area contributed by atoms with E-state index < -0.39 is 40.3 Å². The van der Waals surface area contributed by atoms with E-state index in [9.17, 15) is 30.1 Å². The van der Waals surface area contributed by atoms with E-state index in [1.165, 1.54) is 4.90 Å². The molecule has 10 heteroatoms. The third kappa shape index (κ3) is 6.11. The summed E-state index contributed by atoms with van der Waals surface area (Å²) >= 11 is 0. The Morgan fingerprint density at radius 2 is 1.91 bits per heavy atom. The summed E-state index contributed by atoms with van der Waals surface area (Å²) < 4.78 is 10.1. The Morgan fingerprint density at radius 3 is 2.44 bits per heavy atom. The van der Waals surface area contributed by atoms with Crippen LogP contribution in [-0.2, 0) is 9.53 Å². The maximum Gasteiger partial charge on any atom is 0.515 e. The maximum absolute atomic E-state index is 12.5. The number of nitrogens with zero attached hydrogens (tertiary/aromatic N) is 3. The smallest absolute Gasteiger partial charge is 0.499 e. The van der Waals surface area contributed by atoms with Gasteiger partial charge in [0, 0.05) is 24.7 Å². The average Bonchev–Trinajstić information content (AvgIpc) is 2.83. The van der Waals surface area contributed by atoms with Crippen LogP contribution in [0.3, 0.4) is 0 Å². The molecule has 10 nitrogen and oxygen atoms in total. The van der Waals surface area contributed by atoms with E-state index in [0.717, 1.165) is 18.2 Å². The SMILES string of the molecule is C#CC(OC(=O)Oc1cc(C=C(C#N)C(=O)N(CC)CC)cc([N+](=O)[O-])c1O)c1ccccc1. The number of nitro groups is 1. The second-order valence-corrected chi connectivity index (χ2v) is 6.72. The zero-order valence-electron chi connectivity index (χ0n) is 18.4. The van der Waals surface area contributed by atoms with E-state index in [4.69, 9.17) is 15.9 Å². The normalized spacial score (nSPS) is 11.5. The molecular weight excluding hydrogens is 442 g/mol. The molecule has 1 N–H and O–H groups in total. The molecular formula is C24H21N3O7. The van der Waals surface area contributed by atoms with Crippen molar-refractivity contribution in [3.05, 3.63) is 69.3 Å². The van der Waals surface area contributed by atoms with Crippen molar-refractivity contribution >= 4 is 23.8 Å². The highest BCUT2D eigenvalue weighted by atomic mass is 16.7. The molecule has 2 aromatic rings. The van der Waals surface area contributed by atoms with Crippen LogP contribution in [0.25, 0.3) is 6.08 Å². The third-order valence-electron chi connectivity index (χ3n) is 4.65.